The van der Waals surface area contributed by atoms with Crippen LogP contribution in [0.5, 0.6) is 5.75 Å². The Balaban J connectivity index is 1.38. The third kappa shape index (κ3) is 4.38. The fourth-order valence-electron chi connectivity index (χ4n) is 5.75. The molecule has 1 atom stereocenters. The molecule has 2 heterocycles. The number of sulfonamides is 1. The lowest BCUT2D eigenvalue weighted by Crippen LogP contribution is -2.28. The van der Waals surface area contributed by atoms with Gasteiger partial charge in [-0.1, -0.05) is 25.0 Å². The Morgan fingerprint density at radius 3 is 2.41 bits per heavy atom. The van der Waals surface area contributed by atoms with Crippen LogP contribution in [0.25, 0.3) is 10.9 Å². The van der Waals surface area contributed by atoms with Gasteiger partial charge < -0.3 is 9.30 Å². The number of ether oxygens (including phenoxy) is 1. The topological polar surface area (TPSA) is 51.5 Å². The van der Waals surface area contributed by atoms with Crippen LogP contribution in [0.15, 0.2) is 53.6 Å². The number of nitrogens with zero attached hydrogens (tertiary/aromatic N) is 2. The van der Waals surface area contributed by atoms with Gasteiger partial charge in [0.2, 0.25) is 10.0 Å². The molecular formula is C28H36N2O3S. The summed E-state index contributed by atoms with van der Waals surface area (Å²) in [6, 6.07) is 13.8. The van der Waals surface area contributed by atoms with Gasteiger partial charge in [-0.2, -0.15) is 4.31 Å². The van der Waals surface area contributed by atoms with Gasteiger partial charge in [0.15, 0.2) is 0 Å². The molecule has 1 saturated heterocycles. The van der Waals surface area contributed by atoms with Crippen molar-refractivity contribution in [2.45, 2.75) is 82.3 Å². The monoisotopic (exact) mass is 480 g/mol. The highest BCUT2D eigenvalue weighted by atomic mass is 32.2. The van der Waals surface area contributed by atoms with Gasteiger partial charge in [-0.15, -0.1) is 0 Å². The van der Waals surface area contributed by atoms with Gasteiger partial charge in [-0.3, -0.25) is 0 Å². The zero-order valence-electron chi connectivity index (χ0n) is 20.5. The quantitative estimate of drug-likeness (QED) is 0.400. The molecule has 2 fully saturated rings. The number of benzene rings is 2. The van der Waals surface area contributed by atoms with Crippen LogP contribution in [0.4, 0.5) is 0 Å². The van der Waals surface area contributed by atoms with Gasteiger partial charge in [0.1, 0.15) is 5.75 Å². The van der Waals surface area contributed by atoms with E-state index in [2.05, 4.69) is 35.9 Å². The van der Waals surface area contributed by atoms with E-state index in [-0.39, 0.29) is 12.0 Å². The van der Waals surface area contributed by atoms with E-state index in [0.29, 0.717) is 29.7 Å². The first-order valence-electron chi connectivity index (χ1n) is 12.8. The van der Waals surface area contributed by atoms with Crippen molar-refractivity contribution in [1.82, 2.24) is 8.87 Å². The van der Waals surface area contributed by atoms with Crippen LogP contribution >= 0.6 is 0 Å². The fourth-order valence-corrected chi connectivity index (χ4v) is 7.25. The Hall–Kier alpha value is -2.31. The first-order valence-corrected chi connectivity index (χ1v) is 14.2. The normalized spacial score (nSPS) is 20.1. The first kappa shape index (κ1) is 23.4. The zero-order valence-corrected chi connectivity index (χ0v) is 21.4. The minimum absolute atomic E-state index is 0.0568. The highest BCUT2D eigenvalue weighted by Gasteiger charge is 2.34. The van der Waals surface area contributed by atoms with Gasteiger partial charge in [0.05, 0.1) is 11.0 Å². The highest BCUT2D eigenvalue weighted by molar-refractivity contribution is 7.89. The van der Waals surface area contributed by atoms with Crippen molar-refractivity contribution in [3.8, 4) is 5.75 Å². The standard InChI is InChI=1S/C28H36N2O3S/c1-4-29-19-27(26-14-9-22(17-28(26)29)21-7-5-6-8-21)23-15-16-30(18-23)34(31,32)25-12-10-24(11-13-25)33-20(2)3/h9-14,17,19-21,23H,4-8,15-16,18H2,1-3H3. The van der Waals surface area contributed by atoms with Crippen LogP contribution in [-0.2, 0) is 16.6 Å². The van der Waals surface area contributed by atoms with Crippen molar-refractivity contribution >= 4 is 20.9 Å². The molecule has 1 aromatic heterocycles. The Bertz CT molecular complexity index is 1250. The van der Waals surface area contributed by atoms with Crippen molar-refractivity contribution in [3.05, 3.63) is 59.8 Å². The number of aryl methyl sites for hydroxylation is 1. The number of rotatable bonds is 7. The van der Waals surface area contributed by atoms with E-state index in [4.69, 9.17) is 4.74 Å². The summed E-state index contributed by atoms with van der Waals surface area (Å²) in [5.41, 5.74) is 4.04. The van der Waals surface area contributed by atoms with E-state index in [1.807, 2.05) is 13.8 Å². The smallest absolute Gasteiger partial charge is 0.243 e. The molecule has 1 unspecified atom stereocenters. The summed E-state index contributed by atoms with van der Waals surface area (Å²) in [5, 5.41) is 1.28. The molecule has 182 valence electrons. The molecule has 34 heavy (non-hydrogen) atoms. The molecule has 1 aliphatic heterocycles. The van der Waals surface area contributed by atoms with Gasteiger partial charge >= 0.3 is 0 Å². The van der Waals surface area contributed by atoms with Crippen molar-refractivity contribution < 1.29 is 13.2 Å². The third-order valence-electron chi connectivity index (χ3n) is 7.53. The molecule has 1 aliphatic carbocycles. The molecule has 2 aromatic carbocycles. The van der Waals surface area contributed by atoms with E-state index < -0.39 is 10.0 Å². The molecule has 6 heteroatoms. The van der Waals surface area contributed by atoms with Gasteiger partial charge in [0, 0.05) is 42.7 Å². The van der Waals surface area contributed by atoms with E-state index in [9.17, 15) is 8.42 Å². The van der Waals surface area contributed by atoms with Crippen LogP contribution in [0.3, 0.4) is 0 Å². The predicted molar refractivity (Wildman–Crippen MR) is 137 cm³/mol. The van der Waals surface area contributed by atoms with Gasteiger partial charge in [-0.25, -0.2) is 8.42 Å². The molecule has 0 bridgehead atoms. The summed E-state index contributed by atoms with van der Waals surface area (Å²) in [7, 11) is -3.52. The molecular weight excluding hydrogens is 444 g/mol. The van der Waals surface area contributed by atoms with Gasteiger partial charge in [-0.05, 0) is 87.4 Å². The molecule has 2 aliphatic rings. The van der Waals surface area contributed by atoms with Crippen molar-refractivity contribution in [1.29, 1.82) is 0 Å². The lowest BCUT2D eigenvalue weighted by atomic mass is 9.94. The lowest BCUT2D eigenvalue weighted by Gasteiger charge is -2.17. The second-order valence-electron chi connectivity index (χ2n) is 10.1. The van der Waals surface area contributed by atoms with Crippen LogP contribution in [-0.4, -0.2) is 36.5 Å². The Morgan fingerprint density at radius 2 is 1.74 bits per heavy atom. The van der Waals surface area contributed by atoms with Crippen LogP contribution in [0.1, 0.15) is 75.8 Å². The summed E-state index contributed by atoms with van der Waals surface area (Å²) < 4.78 is 36.3. The Labute approximate surface area is 203 Å². The fraction of sp³-hybridized carbons (Fsp3) is 0.500. The maximum atomic E-state index is 13.3. The number of hydrogen-bond donors (Lipinski definition) is 0. The second-order valence-corrected chi connectivity index (χ2v) is 12.1. The van der Waals surface area contributed by atoms with E-state index >= 15 is 0 Å². The number of fused-ring (bicyclic) bond motifs is 1. The summed E-state index contributed by atoms with van der Waals surface area (Å²) >= 11 is 0. The second kappa shape index (κ2) is 9.38. The van der Waals surface area contributed by atoms with Crippen LogP contribution in [0.2, 0.25) is 0 Å². The van der Waals surface area contributed by atoms with Crippen molar-refractivity contribution in [2.75, 3.05) is 13.1 Å². The van der Waals surface area contributed by atoms with E-state index in [1.165, 1.54) is 47.7 Å². The molecule has 0 radical (unpaired) electrons. The summed E-state index contributed by atoms with van der Waals surface area (Å²) in [6.07, 6.45) is 8.44. The van der Waals surface area contributed by atoms with Gasteiger partial charge in [0.25, 0.3) is 0 Å². The molecule has 5 nitrogen and oxygen atoms in total. The maximum absolute atomic E-state index is 13.3. The van der Waals surface area contributed by atoms with Crippen LogP contribution < -0.4 is 4.74 Å². The minimum Gasteiger partial charge on any atom is -0.491 e. The Kier molecular flexibility index (Phi) is 6.47. The van der Waals surface area contributed by atoms with Crippen LogP contribution in [0, 0.1) is 0 Å². The largest absolute Gasteiger partial charge is 0.491 e. The molecule has 0 N–H and O–H groups in total. The average molecular weight is 481 g/mol. The molecule has 1 saturated carbocycles. The molecule has 5 rings (SSSR count). The number of aromatic nitrogens is 1. The third-order valence-corrected chi connectivity index (χ3v) is 9.41. The summed E-state index contributed by atoms with van der Waals surface area (Å²) in [6.45, 7) is 8.10. The van der Waals surface area contributed by atoms with E-state index in [1.54, 1.807) is 28.6 Å². The first-order chi connectivity index (χ1) is 16.4. The predicted octanol–water partition coefficient (Wildman–Crippen LogP) is 6.28. The van der Waals surface area contributed by atoms with Crippen molar-refractivity contribution in [3.63, 3.8) is 0 Å². The molecule has 3 aromatic rings. The summed E-state index contributed by atoms with van der Waals surface area (Å²) in [4.78, 5) is 0.335. The van der Waals surface area contributed by atoms with Crippen molar-refractivity contribution in [2.24, 2.45) is 0 Å². The number of hydrogen-bond acceptors (Lipinski definition) is 3. The zero-order chi connectivity index (χ0) is 23.9. The SMILES string of the molecule is CCn1cc(C2CCN(S(=O)(=O)c3ccc(OC(C)C)cc3)C2)c2ccc(C3CCCC3)cc21. The minimum atomic E-state index is -3.52. The van der Waals surface area contributed by atoms with E-state index in [0.717, 1.165) is 13.0 Å². The highest BCUT2D eigenvalue weighted by Crippen LogP contribution is 2.39. The lowest BCUT2D eigenvalue weighted by molar-refractivity contribution is 0.242. The Morgan fingerprint density at radius 1 is 1.00 bits per heavy atom. The summed E-state index contributed by atoms with van der Waals surface area (Å²) in [5.74, 6) is 1.60. The maximum Gasteiger partial charge on any atom is 0.243 e. The average Bonchev–Trinajstić information content (AvgIpc) is 3.58. The molecule has 0 spiro atoms. The molecule has 0 amide bonds.